The van der Waals surface area contributed by atoms with E-state index in [1.54, 1.807) is 36.4 Å². The summed E-state index contributed by atoms with van der Waals surface area (Å²) < 4.78 is 33.6. The first-order valence-electron chi connectivity index (χ1n) is 43.9. The van der Waals surface area contributed by atoms with Gasteiger partial charge in [0.1, 0.15) is 59.6 Å². The minimum absolute atomic E-state index is 0.0142. The van der Waals surface area contributed by atoms with Gasteiger partial charge in [-0.15, -0.1) is 0 Å². The number of aromatic nitrogens is 1. The van der Waals surface area contributed by atoms with Crippen molar-refractivity contribution in [2.75, 3.05) is 54.7 Å². The minimum Gasteiger partial charge on any atom is -0.507 e. The molecule has 37 heteroatoms. The number of nitrogens with zero attached hydrogens (tertiary/aromatic N) is 2. The highest BCUT2D eigenvalue weighted by Crippen LogP contribution is 2.55. The molecule has 37 nitrogen and oxygen atoms in total. The number of phenols is 2. The average molecular weight is 1810 g/mol. The summed E-state index contributed by atoms with van der Waals surface area (Å²) >= 11 is 0. The Hall–Kier alpha value is -13.0. The number of fused-ring (bicyclic) bond motifs is 12. The standard InChI is InChI=1S/C94H117N15O22/c1-11-50-45(2)60-37-65-56-31-29-54(89(123)128-9)80(90(124)129-10)93(56,6)70(105-65)39-61-46(3)51(23-15-16-28-74(114)127-8)63(104-61)38-64-52(47(4)59(103-64)36-62(50)102-60)30-32-72(112)107-67(35-49-21-13-12-14-22-49)88(122)109-58(26-20-34-100-92(97)98)87(121)108-57(25-17-18-33-99-91(95)96)86(120)101-43-73(113)106-66-40-75(130-48(5)81(66)115)131-69-42-94(125,71(111)44-110)41-55-77(69)85(119)79-78(83(55)117)82(116)53-24-19-27-68(126-7)76(53)84(79)118/h11-14,19,21-22,24,27,29,31,37,48,57-58,62,64,66-67,69-70,75,80-81,102,104,110,115,117,119,125H,1,15-18,20,23,25-26,28,30,32-36,38-44H2,2-10H3,(H,101,120)(H,106,113)(H,107,112)(H,108,121)(H,109,122)(H4,95,96,99)(H4,97,98,100)/b60-37-/t48-,57+,58-,62?,64?,66?,67+,69?,70?,75+,80+,81+,93+,94-/m0/s1. The van der Waals surface area contributed by atoms with Crippen LogP contribution in [0.4, 0.5) is 0 Å². The molecule has 6 heterocycles. The van der Waals surface area contributed by atoms with E-state index in [9.17, 15) is 63.9 Å². The molecule has 0 saturated carbocycles. The number of amides is 5. The molecule has 1 aromatic heterocycles. The van der Waals surface area contributed by atoms with E-state index in [1.165, 1.54) is 53.6 Å². The van der Waals surface area contributed by atoms with Gasteiger partial charge in [0.05, 0.1) is 99.3 Å². The van der Waals surface area contributed by atoms with Gasteiger partial charge in [0.2, 0.25) is 35.3 Å². The van der Waals surface area contributed by atoms with Crippen molar-refractivity contribution < 1.29 is 107 Å². The van der Waals surface area contributed by atoms with Crippen LogP contribution in [0, 0.1) is 29.1 Å². The number of benzene rings is 3. The fourth-order valence-corrected chi connectivity index (χ4v) is 19.3. The van der Waals surface area contributed by atoms with Gasteiger partial charge in [-0.2, -0.15) is 0 Å². The number of rotatable bonds is 36. The molecule has 1 saturated heterocycles. The first-order valence-corrected chi connectivity index (χ1v) is 43.9. The molecular formula is C94H117N15O22. The van der Waals surface area contributed by atoms with Crippen LogP contribution in [0.2, 0.25) is 0 Å². The Bertz CT molecular complexity index is 5470. The zero-order valence-corrected chi connectivity index (χ0v) is 74.8. The molecule has 8 bridgehead atoms. The average Bonchev–Trinajstić information content (AvgIpc) is 1.70. The number of methoxy groups -OCH3 is 4. The number of aromatic hydroxyl groups is 2. The van der Waals surface area contributed by atoms with Gasteiger partial charge >= 0.3 is 17.9 Å². The van der Waals surface area contributed by atoms with Crippen LogP contribution in [0.15, 0.2) is 129 Å². The Morgan fingerprint density at radius 3 is 2.12 bits per heavy atom. The number of hydrogen-bond donors (Lipinski definition) is 18. The summed E-state index contributed by atoms with van der Waals surface area (Å²) in [6, 6.07) is 6.12. The number of Topliss-reactive ketones (excluding diaryl/α,β-unsaturated/α-hetero) is 1. The monoisotopic (exact) mass is 1810 g/mol. The number of aliphatic hydroxyl groups excluding tert-OH is 2. The van der Waals surface area contributed by atoms with Gasteiger partial charge in [-0.3, -0.25) is 68.7 Å². The van der Waals surface area contributed by atoms with Crippen molar-refractivity contribution >= 4 is 88.1 Å². The van der Waals surface area contributed by atoms with Gasteiger partial charge in [-0.1, -0.05) is 74.2 Å². The first kappa shape index (κ1) is 97.1. The van der Waals surface area contributed by atoms with Gasteiger partial charge in [0.25, 0.3) is 0 Å². The molecule has 5 unspecified atom stereocenters. The van der Waals surface area contributed by atoms with Crippen LogP contribution >= 0.6 is 0 Å². The molecule has 12 rings (SSSR count). The number of ketones is 3. The Morgan fingerprint density at radius 2 is 1.44 bits per heavy atom. The molecule has 3 aliphatic carbocycles. The number of carbonyl (C=O) groups is 11. The smallest absolute Gasteiger partial charge is 0.334 e. The Morgan fingerprint density at radius 1 is 0.748 bits per heavy atom. The van der Waals surface area contributed by atoms with E-state index in [0.717, 1.165) is 61.8 Å². The lowest BCUT2D eigenvalue weighted by Gasteiger charge is -2.43. The topological polar surface area (TPSA) is 581 Å². The van der Waals surface area contributed by atoms with Crippen LogP contribution in [-0.4, -0.2) is 240 Å². The maximum absolute atomic E-state index is 15.2. The predicted octanol–water partition coefficient (Wildman–Crippen LogP) is 3.54. The summed E-state index contributed by atoms with van der Waals surface area (Å²) in [4.78, 5) is 171. The highest BCUT2D eigenvalue weighted by molar-refractivity contribution is 6.31. The van der Waals surface area contributed by atoms with Crippen molar-refractivity contribution in [1.29, 1.82) is 10.8 Å². The van der Waals surface area contributed by atoms with Crippen molar-refractivity contribution in [3.63, 3.8) is 0 Å². The zero-order chi connectivity index (χ0) is 94.8. The molecule has 20 N–H and O–H groups in total. The highest BCUT2D eigenvalue weighted by Gasteiger charge is 2.58. The third-order valence-corrected chi connectivity index (χ3v) is 26.3. The summed E-state index contributed by atoms with van der Waals surface area (Å²) in [5, 5.41) is 96.1. The molecule has 0 radical (unpaired) electrons. The summed E-state index contributed by atoms with van der Waals surface area (Å²) in [7, 11) is 5.16. The third kappa shape index (κ3) is 20.9. The van der Waals surface area contributed by atoms with Crippen LogP contribution in [0.5, 0.6) is 17.2 Å². The van der Waals surface area contributed by atoms with E-state index in [1.807, 2.05) is 45.9 Å². The molecule has 5 amide bonds. The van der Waals surface area contributed by atoms with Gasteiger partial charge in [0, 0.05) is 116 Å². The Labute approximate surface area is 757 Å². The molecule has 1 fully saturated rings. The van der Waals surface area contributed by atoms with E-state index in [2.05, 4.69) is 54.1 Å². The summed E-state index contributed by atoms with van der Waals surface area (Å²) in [5.74, 6) is -12.0. The van der Waals surface area contributed by atoms with E-state index >= 15 is 14.4 Å². The molecular weight excluding hydrogens is 1690 g/mol. The third-order valence-electron chi connectivity index (χ3n) is 26.3. The first-order chi connectivity index (χ1) is 62.5. The molecule has 14 atom stereocenters. The van der Waals surface area contributed by atoms with Crippen molar-refractivity contribution in [3.05, 3.63) is 180 Å². The van der Waals surface area contributed by atoms with E-state index in [0.29, 0.717) is 49.8 Å². The molecule has 131 heavy (non-hydrogen) atoms. The van der Waals surface area contributed by atoms with Crippen LogP contribution in [0.25, 0.3) is 0 Å². The molecule has 0 spiro atoms. The van der Waals surface area contributed by atoms with E-state index in [4.69, 9.17) is 60.7 Å². The maximum atomic E-state index is 15.2. The van der Waals surface area contributed by atoms with Crippen molar-refractivity contribution in [2.45, 2.75) is 223 Å². The van der Waals surface area contributed by atoms with Gasteiger partial charge in [-0.05, 0) is 142 Å². The number of aliphatic imine (C=N–C) groups is 2. The molecule has 700 valence electrons. The normalized spacial score (nSPS) is 23.8. The quantitative estimate of drug-likeness (QED) is 0.00681. The van der Waals surface area contributed by atoms with Gasteiger partial charge in [-0.25, -0.2) is 4.79 Å². The van der Waals surface area contributed by atoms with Gasteiger partial charge in [0.15, 0.2) is 29.8 Å². The summed E-state index contributed by atoms with van der Waals surface area (Å²) in [6.07, 6.45) is 2.94. The minimum atomic E-state index is -2.50. The zero-order valence-electron chi connectivity index (χ0n) is 74.8. The number of phenolic OH excluding ortho intramolecular Hbond substituents is 2. The SMILES string of the molecule is C=CC1=C(C)/C2=C/C3=NC(Cc4[nH]c(c(CCCCC(=O)OC)c4C)CC4N=C(CC1N2)C(C)=C4CCC(=O)N[C@H](Cc1ccccc1)C(=O)N[C@@H](CCCNC(=N)N)C(=O)N[C@H](CCCCNC(=N)N)C(=O)NCC(=O)NC1C[C@@H](OC2C[C@](O)(C(=O)CO)Cc4c(O)c5c(c(O)c42)C(=O)c2c(OC)cccc2C5=O)O[C@@H](C)[C@H]1O)[C@@]1(C)C3=CC=C(C(=O)OC)[C@@H]1C(=O)OC. The van der Waals surface area contributed by atoms with Crippen molar-refractivity contribution in [2.24, 2.45) is 32.8 Å². The number of aromatic amines is 1. The van der Waals surface area contributed by atoms with Crippen molar-refractivity contribution in [3.8, 4) is 17.2 Å². The summed E-state index contributed by atoms with van der Waals surface area (Å²) in [6.45, 7) is 11.9. The molecule has 8 aliphatic rings. The van der Waals surface area contributed by atoms with Crippen molar-refractivity contribution in [1.82, 2.24) is 47.5 Å². The number of esters is 3. The van der Waals surface area contributed by atoms with Crippen LogP contribution in [0.1, 0.15) is 188 Å². The number of nitrogens with two attached hydrogens (primary N) is 2. The second-order valence-electron chi connectivity index (χ2n) is 34.5. The number of hydrogen-bond acceptors (Lipinski definition) is 27. The number of nitrogens with one attached hydrogen (secondary N) is 11. The molecule has 3 aromatic carbocycles. The van der Waals surface area contributed by atoms with Gasteiger partial charge < -0.3 is 113 Å². The number of H-pyrrole nitrogens is 1. The predicted molar refractivity (Wildman–Crippen MR) is 479 cm³/mol. The second-order valence-corrected chi connectivity index (χ2v) is 34.5. The fourth-order valence-electron chi connectivity index (χ4n) is 19.3. The largest absolute Gasteiger partial charge is 0.507 e. The number of carbonyl (C=O) groups excluding carboxylic acids is 11. The lowest BCUT2D eigenvalue weighted by Crippen LogP contribution is -2.58. The van der Waals surface area contributed by atoms with E-state index < -0.39 is 192 Å². The summed E-state index contributed by atoms with van der Waals surface area (Å²) in [5.41, 5.74) is 16.1. The molecule has 5 aliphatic heterocycles. The Balaban J connectivity index is 0.770. The number of ether oxygens (including phenoxy) is 6. The lowest BCUT2D eigenvalue weighted by molar-refractivity contribution is -0.249. The number of guanidine groups is 2. The van der Waals surface area contributed by atoms with E-state index in [-0.39, 0.29) is 128 Å². The molecule has 4 aromatic rings. The number of aliphatic hydroxyl groups is 3. The highest BCUT2D eigenvalue weighted by atomic mass is 16.7. The second kappa shape index (κ2) is 41.9. The number of allylic oxidation sites excluding steroid dienone is 5. The Kier molecular flexibility index (Phi) is 31.0. The van der Waals surface area contributed by atoms with Crippen LogP contribution in [-0.2, 0) is 98.9 Å². The maximum Gasteiger partial charge on any atom is 0.334 e. The lowest BCUT2D eigenvalue weighted by atomic mass is 9.61. The fraction of sp³-hybridized carbons (Fsp3) is 0.479. The van der Waals surface area contributed by atoms with Crippen LogP contribution in [0.3, 0.4) is 0 Å². The number of unbranched alkanes of at least 4 members (excludes halogenated alkanes) is 2. The van der Waals surface area contributed by atoms with Crippen LogP contribution < -0.4 is 58.7 Å².